The second-order valence-corrected chi connectivity index (χ2v) is 8.94. The fourth-order valence-electron chi connectivity index (χ4n) is 4.17. The maximum atomic E-state index is 13.2. The highest BCUT2D eigenvalue weighted by atomic mass is 16.5. The summed E-state index contributed by atoms with van der Waals surface area (Å²) in [5, 5.41) is 11.3. The number of ether oxygens (including phenoxy) is 2. The molecule has 1 unspecified atom stereocenters. The first kappa shape index (κ1) is 24.5. The number of aryl methyl sites for hydroxylation is 1. The maximum absolute atomic E-state index is 13.2. The average molecular weight is 452 g/mol. The molecule has 0 saturated carbocycles. The summed E-state index contributed by atoms with van der Waals surface area (Å²) < 4.78 is 11.1. The highest BCUT2D eigenvalue weighted by Gasteiger charge is 2.46. The Balaban J connectivity index is 2.14. The molecule has 6 nitrogen and oxygen atoms in total. The van der Waals surface area contributed by atoms with Gasteiger partial charge >= 0.3 is 0 Å². The molecule has 0 spiro atoms. The summed E-state index contributed by atoms with van der Waals surface area (Å²) in [6.45, 7) is 10.4. The number of likely N-dealkylation sites (tertiary alicyclic amines) is 1. The van der Waals surface area contributed by atoms with Gasteiger partial charge in [-0.1, -0.05) is 43.7 Å². The molecule has 0 bridgehead atoms. The Labute approximate surface area is 195 Å². The first-order valence-electron chi connectivity index (χ1n) is 11.3. The van der Waals surface area contributed by atoms with Gasteiger partial charge in [-0.2, -0.15) is 0 Å². The van der Waals surface area contributed by atoms with Gasteiger partial charge in [0.05, 0.1) is 31.4 Å². The van der Waals surface area contributed by atoms with E-state index in [9.17, 15) is 14.7 Å². The number of carbonyl (C=O) groups excluding carboxylic acids is 2. The third kappa shape index (κ3) is 5.11. The fourth-order valence-corrected chi connectivity index (χ4v) is 4.17. The Morgan fingerprint density at radius 1 is 1.09 bits per heavy atom. The smallest absolute Gasteiger partial charge is 0.295 e. The van der Waals surface area contributed by atoms with E-state index < -0.39 is 17.7 Å². The van der Waals surface area contributed by atoms with Crippen LogP contribution in [0.5, 0.6) is 5.75 Å². The van der Waals surface area contributed by atoms with Crippen molar-refractivity contribution in [1.29, 1.82) is 0 Å². The van der Waals surface area contributed by atoms with Gasteiger partial charge in [-0.3, -0.25) is 9.59 Å². The molecule has 1 aliphatic rings. The van der Waals surface area contributed by atoms with E-state index in [2.05, 4.69) is 0 Å². The van der Waals surface area contributed by atoms with Crippen molar-refractivity contribution in [3.8, 4) is 5.75 Å². The number of Topliss-reactive ketones (excluding diaryl/α,β-unsaturated/α-hetero) is 1. The Hall–Kier alpha value is -3.12. The lowest BCUT2D eigenvalue weighted by Gasteiger charge is -2.26. The predicted molar refractivity (Wildman–Crippen MR) is 128 cm³/mol. The SMILES string of the molecule is COc1ccc(/C(O)=C2/C(=O)C(=O)N(CCOC(C)C)C2c2cccc(C)c2)cc1C(C)C. The summed E-state index contributed by atoms with van der Waals surface area (Å²) in [6, 6.07) is 12.3. The van der Waals surface area contributed by atoms with Crippen molar-refractivity contribution in [3.05, 3.63) is 70.3 Å². The van der Waals surface area contributed by atoms with Crippen LogP contribution in [0.25, 0.3) is 5.76 Å². The van der Waals surface area contributed by atoms with Crippen molar-refractivity contribution in [1.82, 2.24) is 4.90 Å². The van der Waals surface area contributed by atoms with Gasteiger partial charge < -0.3 is 19.5 Å². The summed E-state index contributed by atoms with van der Waals surface area (Å²) in [6.07, 6.45) is 0.00740. The monoisotopic (exact) mass is 451 g/mol. The lowest BCUT2D eigenvalue weighted by molar-refractivity contribution is -0.140. The predicted octanol–water partition coefficient (Wildman–Crippen LogP) is 4.97. The molecule has 0 aliphatic carbocycles. The molecule has 1 saturated heterocycles. The quantitative estimate of drug-likeness (QED) is 0.348. The van der Waals surface area contributed by atoms with Gasteiger partial charge in [0.25, 0.3) is 11.7 Å². The van der Waals surface area contributed by atoms with Crippen molar-refractivity contribution in [2.45, 2.75) is 52.7 Å². The van der Waals surface area contributed by atoms with E-state index in [1.807, 2.05) is 65.0 Å². The molecule has 6 heteroatoms. The summed E-state index contributed by atoms with van der Waals surface area (Å²) in [5.74, 6) is -0.644. The topological polar surface area (TPSA) is 76.1 Å². The molecule has 1 heterocycles. The number of hydrogen-bond acceptors (Lipinski definition) is 5. The van der Waals surface area contributed by atoms with E-state index in [4.69, 9.17) is 9.47 Å². The van der Waals surface area contributed by atoms with Crippen molar-refractivity contribution in [2.24, 2.45) is 0 Å². The Morgan fingerprint density at radius 2 is 1.82 bits per heavy atom. The second-order valence-electron chi connectivity index (χ2n) is 8.94. The summed E-state index contributed by atoms with van der Waals surface area (Å²) in [7, 11) is 1.60. The largest absolute Gasteiger partial charge is 0.507 e. The van der Waals surface area contributed by atoms with Gasteiger partial charge in [-0.25, -0.2) is 0 Å². The van der Waals surface area contributed by atoms with Crippen LogP contribution >= 0.6 is 0 Å². The van der Waals surface area contributed by atoms with Crippen molar-refractivity contribution < 1.29 is 24.2 Å². The molecule has 1 N–H and O–H groups in total. The zero-order valence-corrected chi connectivity index (χ0v) is 20.2. The van der Waals surface area contributed by atoms with Crippen LogP contribution in [0.1, 0.15) is 61.9 Å². The highest BCUT2D eigenvalue weighted by molar-refractivity contribution is 6.46. The Kier molecular flexibility index (Phi) is 7.59. The first-order chi connectivity index (χ1) is 15.6. The van der Waals surface area contributed by atoms with Crippen LogP contribution < -0.4 is 4.74 Å². The standard InChI is InChI=1S/C27H33NO5/c1-16(2)21-15-20(10-11-22(21)32-6)25(29)23-24(19-9-7-8-18(5)14-19)28(27(31)26(23)30)12-13-33-17(3)4/h7-11,14-17,24,29H,12-13H2,1-6H3/b25-23-. The molecule has 3 rings (SSSR count). The van der Waals surface area contributed by atoms with Gasteiger partial charge in [0.2, 0.25) is 0 Å². The molecule has 33 heavy (non-hydrogen) atoms. The number of hydrogen-bond donors (Lipinski definition) is 1. The number of nitrogens with zero attached hydrogens (tertiary/aromatic N) is 1. The van der Waals surface area contributed by atoms with E-state index >= 15 is 0 Å². The van der Waals surface area contributed by atoms with E-state index in [0.29, 0.717) is 17.9 Å². The van der Waals surface area contributed by atoms with Crippen LogP contribution in [-0.2, 0) is 14.3 Å². The third-order valence-corrected chi connectivity index (χ3v) is 5.81. The Morgan fingerprint density at radius 3 is 2.42 bits per heavy atom. The van der Waals surface area contributed by atoms with Crippen molar-refractivity contribution in [3.63, 3.8) is 0 Å². The van der Waals surface area contributed by atoms with Gasteiger partial charge in [-0.15, -0.1) is 0 Å². The lowest BCUT2D eigenvalue weighted by Crippen LogP contribution is -2.33. The molecule has 1 atom stereocenters. The highest BCUT2D eigenvalue weighted by Crippen LogP contribution is 2.40. The summed E-state index contributed by atoms with van der Waals surface area (Å²) in [4.78, 5) is 27.7. The van der Waals surface area contributed by atoms with E-state index in [0.717, 1.165) is 16.7 Å². The number of aliphatic hydroxyl groups is 1. The third-order valence-electron chi connectivity index (χ3n) is 5.81. The average Bonchev–Trinajstić information content (AvgIpc) is 3.03. The minimum Gasteiger partial charge on any atom is -0.507 e. The van der Waals surface area contributed by atoms with Crippen LogP contribution in [0.2, 0.25) is 0 Å². The number of methoxy groups -OCH3 is 1. The molecule has 176 valence electrons. The zero-order valence-electron chi connectivity index (χ0n) is 20.2. The van der Waals surface area contributed by atoms with Crippen LogP contribution in [0.4, 0.5) is 0 Å². The minimum absolute atomic E-state index is 0.00740. The normalized spacial score (nSPS) is 17.9. The molecular weight excluding hydrogens is 418 g/mol. The molecule has 1 fully saturated rings. The van der Waals surface area contributed by atoms with E-state index in [1.165, 1.54) is 4.90 Å². The number of ketones is 1. The van der Waals surface area contributed by atoms with Crippen LogP contribution in [0.15, 0.2) is 48.0 Å². The number of amides is 1. The summed E-state index contributed by atoms with van der Waals surface area (Å²) in [5.41, 5.74) is 3.26. The van der Waals surface area contributed by atoms with Crippen molar-refractivity contribution >= 4 is 17.4 Å². The molecule has 0 aromatic heterocycles. The number of aliphatic hydroxyl groups excluding tert-OH is 1. The van der Waals surface area contributed by atoms with Crippen LogP contribution in [-0.4, -0.2) is 48.1 Å². The van der Waals surface area contributed by atoms with Gasteiger partial charge in [0.1, 0.15) is 11.5 Å². The molecule has 0 radical (unpaired) electrons. The summed E-state index contributed by atoms with van der Waals surface area (Å²) >= 11 is 0. The molecule has 1 aliphatic heterocycles. The van der Waals surface area contributed by atoms with Gasteiger partial charge in [0, 0.05) is 12.1 Å². The van der Waals surface area contributed by atoms with Crippen molar-refractivity contribution in [2.75, 3.05) is 20.3 Å². The fraction of sp³-hybridized carbons (Fsp3) is 0.407. The van der Waals surface area contributed by atoms with Crippen LogP contribution in [0.3, 0.4) is 0 Å². The van der Waals surface area contributed by atoms with Gasteiger partial charge in [-0.05, 0) is 56.0 Å². The molecule has 1 amide bonds. The number of benzene rings is 2. The number of rotatable bonds is 8. The zero-order chi connectivity index (χ0) is 24.3. The number of carbonyl (C=O) groups is 2. The molecular formula is C27H33NO5. The Bertz CT molecular complexity index is 1070. The molecule has 2 aromatic rings. The van der Waals surface area contributed by atoms with Gasteiger partial charge in [0.15, 0.2) is 0 Å². The minimum atomic E-state index is -0.690. The van der Waals surface area contributed by atoms with E-state index in [1.54, 1.807) is 19.2 Å². The van der Waals surface area contributed by atoms with Crippen LogP contribution in [0, 0.1) is 6.92 Å². The second kappa shape index (κ2) is 10.2. The lowest BCUT2D eigenvalue weighted by atomic mass is 9.92. The maximum Gasteiger partial charge on any atom is 0.295 e. The molecule has 2 aromatic carbocycles. The van der Waals surface area contributed by atoms with E-state index in [-0.39, 0.29) is 29.9 Å². The first-order valence-corrected chi connectivity index (χ1v) is 11.3.